The van der Waals surface area contributed by atoms with Crippen molar-refractivity contribution in [1.29, 1.82) is 0 Å². The summed E-state index contributed by atoms with van der Waals surface area (Å²) >= 11 is 7.35. The van der Waals surface area contributed by atoms with Crippen LogP contribution in [-0.4, -0.2) is 24.0 Å². The average molecular weight is 453 g/mol. The van der Waals surface area contributed by atoms with E-state index in [-0.39, 0.29) is 16.9 Å². The molecule has 0 atom stereocenters. The van der Waals surface area contributed by atoms with Gasteiger partial charge in [-0.2, -0.15) is 0 Å². The topological polar surface area (TPSA) is 70.2 Å². The van der Waals surface area contributed by atoms with Gasteiger partial charge in [0.05, 0.1) is 0 Å². The van der Waals surface area contributed by atoms with Gasteiger partial charge >= 0.3 is 0 Å². The van der Waals surface area contributed by atoms with Gasteiger partial charge in [0.1, 0.15) is 0 Å². The van der Waals surface area contributed by atoms with Crippen LogP contribution < -0.4 is 16.0 Å². The lowest BCUT2D eigenvalue weighted by Gasteiger charge is -2.11. The van der Waals surface area contributed by atoms with Gasteiger partial charge in [0, 0.05) is 27.4 Å². The summed E-state index contributed by atoms with van der Waals surface area (Å²) in [5, 5.41) is 8.26. The van der Waals surface area contributed by atoms with Crippen LogP contribution >= 0.6 is 34.8 Å². The standard InChI is InChI=1S/C17H16IN3O2S/c1-10-6-7-12(9-14(10)18)16(23)21-17(24)20-13-5-3-4-11(8-13)15(22)19-2/h3-9H,1-2H3,(H,19,22)(H2,20,21,23,24). The van der Waals surface area contributed by atoms with E-state index in [9.17, 15) is 9.59 Å². The van der Waals surface area contributed by atoms with Crippen molar-refractivity contribution in [3.05, 3.63) is 62.7 Å². The molecule has 7 heteroatoms. The molecule has 2 rings (SSSR count). The maximum absolute atomic E-state index is 12.2. The second-order valence-electron chi connectivity index (χ2n) is 5.03. The Kier molecular flexibility index (Phi) is 6.27. The fourth-order valence-corrected chi connectivity index (χ4v) is 2.68. The summed E-state index contributed by atoms with van der Waals surface area (Å²) in [5.74, 6) is -0.476. The van der Waals surface area contributed by atoms with Crippen molar-refractivity contribution in [2.75, 3.05) is 12.4 Å². The van der Waals surface area contributed by atoms with E-state index < -0.39 is 0 Å². The number of nitrogens with one attached hydrogen (secondary N) is 3. The minimum Gasteiger partial charge on any atom is -0.355 e. The van der Waals surface area contributed by atoms with Crippen molar-refractivity contribution < 1.29 is 9.59 Å². The number of thiocarbonyl (C=S) groups is 1. The maximum Gasteiger partial charge on any atom is 0.257 e. The van der Waals surface area contributed by atoms with Crippen molar-refractivity contribution in [3.63, 3.8) is 0 Å². The smallest absolute Gasteiger partial charge is 0.257 e. The number of anilines is 1. The van der Waals surface area contributed by atoms with Crippen LogP contribution in [0.2, 0.25) is 0 Å². The third-order valence-corrected chi connectivity index (χ3v) is 4.64. The normalized spacial score (nSPS) is 9.96. The first-order valence-corrected chi connectivity index (χ1v) is 8.60. The van der Waals surface area contributed by atoms with Crippen LogP contribution in [0.15, 0.2) is 42.5 Å². The van der Waals surface area contributed by atoms with Crippen molar-refractivity contribution in [1.82, 2.24) is 10.6 Å². The fraction of sp³-hybridized carbons (Fsp3) is 0.118. The van der Waals surface area contributed by atoms with E-state index in [1.165, 1.54) is 0 Å². The van der Waals surface area contributed by atoms with E-state index in [2.05, 4.69) is 38.5 Å². The number of amides is 2. The zero-order valence-corrected chi connectivity index (χ0v) is 16.1. The van der Waals surface area contributed by atoms with Gasteiger partial charge in [-0.05, 0) is 77.6 Å². The molecule has 0 aliphatic rings. The third kappa shape index (κ3) is 4.75. The van der Waals surface area contributed by atoms with Crippen LogP contribution in [0.3, 0.4) is 0 Å². The number of benzene rings is 2. The van der Waals surface area contributed by atoms with Crippen molar-refractivity contribution in [2.45, 2.75) is 6.92 Å². The Labute approximate surface area is 159 Å². The number of aryl methyl sites for hydroxylation is 1. The molecule has 0 unspecified atom stereocenters. The van der Waals surface area contributed by atoms with Crippen LogP contribution in [-0.2, 0) is 0 Å². The quantitative estimate of drug-likeness (QED) is 0.494. The number of hydrogen-bond acceptors (Lipinski definition) is 3. The van der Waals surface area contributed by atoms with Crippen LogP contribution in [0.1, 0.15) is 26.3 Å². The highest BCUT2D eigenvalue weighted by molar-refractivity contribution is 14.1. The molecule has 0 fully saturated rings. The minimum atomic E-state index is -0.284. The summed E-state index contributed by atoms with van der Waals surface area (Å²) in [5.41, 5.74) is 2.77. The molecule has 2 aromatic carbocycles. The monoisotopic (exact) mass is 453 g/mol. The first-order chi connectivity index (χ1) is 11.4. The van der Waals surface area contributed by atoms with Gasteiger partial charge in [-0.15, -0.1) is 0 Å². The molecular weight excluding hydrogens is 437 g/mol. The molecule has 0 saturated heterocycles. The Bertz CT molecular complexity index is 808. The Morgan fingerprint density at radius 3 is 2.42 bits per heavy atom. The van der Waals surface area contributed by atoms with Gasteiger partial charge in [-0.25, -0.2) is 0 Å². The highest BCUT2D eigenvalue weighted by atomic mass is 127. The maximum atomic E-state index is 12.2. The molecule has 0 spiro atoms. The summed E-state index contributed by atoms with van der Waals surface area (Å²) in [6, 6.07) is 12.3. The molecule has 0 bridgehead atoms. The summed E-state index contributed by atoms with van der Waals surface area (Å²) < 4.78 is 1.01. The average Bonchev–Trinajstić information content (AvgIpc) is 2.56. The summed E-state index contributed by atoms with van der Waals surface area (Å²) in [6.07, 6.45) is 0. The lowest BCUT2D eigenvalue weighted by atomic mass is 10.1. The first-order valence-electron chi connectivity index (χ1n) is 7.11. The molecule has 24 heavy (non-hydrogen) atoms. The molecule has 0 aromatic heterocycles. The third-order valence-electron chi connectivity index (χ3n) is 3.27. The van der Waals surface area contributed by atoms with Crippen LogP contribution in [0.25, 0.3) is 0 Å². The zero-order valence-electron chi connectivity index (χ0n) is 13.1. The molecule has 3 N–H and O–H groups in total. The van der Waals surface area contributed by atoms with Crippen molar-refractivity contribution in [3.8, 4) is 0 Å². The molecule has 124 valence electrons. The SMILES string of the molecule is CNC(=O)c1cccc(NC(=S)NC(=O)c2ccc(C)c(I)c2)c1. The zero-order chi connectivity index (χ0) is 17.7. The Morgan fingerprint density at radius 2 is 1.75 bits per heavy atom. The summed E-state index contributed by atoms with van der Waals surface area (Å²) in [7, 11) is 1.57. The minimum absolute atomic E-state index is 0.171. The number of carbonyl (C=O) groups excluding carboxylic acids is 2. The van der Waals surface area contributed by atoms with Gasteiger partial charge in [0.15, 0.2) is 5.11 Å². The predicted octanol–water partition coefficient (Wildman–Crippen LogP) is 3.09. The van der Waals surface area contributed by atoms with Crippen LogP contribution in [0.5, 0.6) is 0 Å². The number of halogens is 1. The molecule has 0 heterocycles. The second-order valence-corrected chi connectivity index (χ2v) is 6.60. The Balaban J connectivity index is 2.04. The Morgan fingerprint density at radius 1 is 1.04 bits per heavy atom. The molecular formula is C17H16IN3O2S. The number of hydrogen-bond donors (Lipinski definition) is 3. The van der Waals surface area contributed by atoms with Crippen molar-refractivity contribution in [2.24, 2.45) is 0 Å². The summed E-state index contributed by atoms with van der Waals surface area (Å²) in [4.78, 5) is 23.9. The van der Waals surface area contributed by atoms with E-state index in [4.69, 9.17) is 12.2 Å². The van der Waals surface area contributed by atoms with Gasteiger partial charge in [-0.1, -0.05) is 12.1 Å². The van der Waals surface area contributed by atoms with Crippen LogP contribution in [0, 0.1) is 10.5 Å². The number of rotatable bonds is 3. The van der Waals surface area contributed by atoms with E-state index in [0.29, 0.717) is 16.8 Å². The molecule has 0 aliphatic carbocycles. The van der Waals surface area contributed by atoms with Gasteiger partial charge in [0.25, 0.3) is 11.8 Å². The predicted molar refractivity (Wildman–Crippen MR) is 107 cm³/mol. The highest BCUT2D eigenvalue weighted by Crippen LogP contribution is 2.14. The molecule has 0 radical (unpaired) electrons. The van der Waals surface area contributed by atoms with E-state index >= 15 is 0 Å². The van der Waals surface area contributed by atoms with E-state index in [1.807, 2.05) is 13.0 Å². The molecule has 0 aliphatic heterocycles. The molecule has 2 amide bonds. The highest BCUT2D eigenvalue weighted by Gasteiger charge is 2.10. The van der Waals surface area contributed by atoms with Crippen molar-refractivity contribution >= 4 is 57.4 Å². The van der Waals surface area contributed by atoms with E-state index in [1.54, 1.807) is 43.4 Å². The lowest BCUT2D eigenvalue weighted by Crippen LogP contribution is -2.34. The lowest BCUT2D eigenvalue weighted by molar-refractivity contribution is 0.0959. The fourth-order valence-electron chi connectivity index (χ4n) is 1.95. The van der Waals surface area contributed by atoms with Gasteiger partial charge in [-0.3, -0.25) is 14.9 Å². The largest absolute Gasteiger partial charge is 0.355 e. The van der Waals surface area contributed by atoms with E-state index in [0.717, 1.165) is 9.13 Å². The second kappa shape index (κ2) is 8.20. The van der Waals surface area contributed by atoms with Gasteiger partial charge < -0.3 is 10.6 Å². The molecule has 0 saturated carbocycles. The molecule has 2 aromatic rings. The van der Waals surface area contributed by atoms with Crippen LogP contribution in [0.4, 0.5) is 5.69 Å². The number of carbonyl (C=O) groups is 2. The first kappa shape index (κ1) is 18.3. The molecule has 5 nitrogen and oxygen atoms in total. The Hall–Kier alpha value is -2.00. The van der Waals surface area contributed by atoms with Gasteiger partial charge in [0.2, 0.25) is 0 Å². The summed E-state index contributed by atoms with van der Waals surface area (Å²) in [6.45, 7) is 1.98.